The van der Waals surface area contributed by atoms with Gasteiger partial charge in [0.1, 0.15) is 17.1 Å². The summed E-state index contributed by atoms with van der Waals surface area (Å²) in [5.74, 6) is -0.0711. The average Bonchev–Trinajstić information content (AvgIpc) is 3.06. The van der Waals surface area contributed by atoms with E-state index in [9.17, 15) is 10.1 Å². The number of ether oxygens (including phenoxy) is 1. The van der Waals surface area contributed by atoms with Gasteiger partial charge in [-0.05, 0) is 36.8 Å². The van der Waals surface area contributed by atoms with Gasteiger partial charge in [-0.3, -0.25) is 9.69 Å². The predicted molar refractivity (Wildman–Crippen MR) is 106 cm³/mol. The van der Waals surface area contributed by atoms with Crippen molar-refractivity contribution in [1.29, 1.82) is 5.26 Å². The lowest BCUT2D eigenvalue weighted by molar-refractivity contribution is -0.123. The van der Waals surface area contributed by atoms with Gasteiger partial charge in [-0.1, -0.05) is 30.3 Å². The first-order valence-electron chi connectivity index (χ1n) is 9.50. The van der Waals surface area contributed by atoms with Crippen molar-refractivity contribution >= 4 is 22.2 Å². The number of nitrogens with one attached hydrogen (secondary N) is 1. The highest BCUT2D eigenvalue weighted by atomic mass is 32.1. The first kappa shape index (κ1) is 18.2. The molecule has 1 aliphatic carbocycles. The lowest BCUT2D eigenvalue weighted by atomic mass is 9.96. The predicted octanol–water partition coefficient (Wildman–Crippen LogP) is 3.51. The summed E-state index contributed by atoms with van der Waals surface area (Å²) in [6.07, 6.45) is 4.23. The Labute approximate surface area is 163 Å². The second kappa shape index (κ2) is 8.22. The molecule has 5 nitrogen and oxygen atoms in total. The largest absolute Gasteiger partial charge is 0.379 e. The molecular weight excluding hydrogens is 358 g/mol. The Morgan fingerprint density at radius 2 is 1.93 bits per heavy atom. The monoisotopic (exact) mass is 381 g/mol. The Bertz CT molecular complexity index is 850. The number of hydrogen-bond acceptors (Lipinski definition) is 5. The van der Waals surface area contributed by atoms with E-state index in [2.05, 4.69) is 16.3 Å². The summed E-state index contributed by atoms with van der Waals surface area (Å²) in [6, 6.07) is 11.8. The minimum atomic E-state index is -0.374. The van der Waals surface area contributed by atoms with Crippen LogP contribution in [0.5, 0.6) is 0 Å². The number of aryl methyl sites for hydroxylation is 1. The third-order valence-electron chi connectivity index (χ3n) is 5.29. The van der Waals surface area contributed by atoms with E-state index in [0.717, 1.165) is 49.9 Å². The molecule has 0 unspecified atom stereocenters. The average molecular weight is 382 g/mol. The summed E-state index contributed by atoms with van der Waals surface area (Å²) in [4.78, 5) is 16.7. The Morgan fingerprint density at radius 3 is 2.67 bits per heavy atom. The molecule has 1 amide bonds. The molecule has 27 heavy (non-hydrogen) atoms. The Balaban J connectivity index is 1.63. The first-order chi connectivity index (χ1) is 13.3. The number of thiophene rings is 1. The highest BCUT2D eigenvalue weighted by Crippen LogP contribution is 2.38. The van der Waals surface area contributed by atoms with Crippen LogP contribution in [0.2, 0.25) is 0 Å². The van der Waals surface area contributed by atoms with Gasteiger partial charge in [0.15, 0.2) is 0 Å². The summed E-state index contributed by atoms with van der Waals surface area (Å²) in [7, 11) is 0. The third-order valence-corrected chi connectivity index (χ3v) is 6.50. The van der Waals surface area contributed by atoms with Gasteiger partial charge in [0.25, 0.3) is 0 Å². The van der Waals surface area contributed by atoms with E-state index in [1.807, 2.05) is 30.3 Å². The number of hydrogen-bond donors (Lipinski definition) is 1. The molecule has 1 aliphatic heterocycles. The fourth-order valence-electron chi connectivity index (χ4n) is 3.95. The highest BCUT2D eigenvalue weighted by molar-refractivity contribution is 7.16. The van der Waals surface area contributed by atoms with Crippen LogP contribution < -0.4 is 5.32 Å². The normalized spacial score (nSPS) is 18.3. The topological polar surface area (TPSA) is 65.4 Å². The van der Waals surface area contributed by atoms with Crippen LogP contribution in [0, 0.1) is 11.3 Å². The van der Waals surface area contributed by atoms with Crippen molar-refractivity contribution < 1.29 is 9.53 Å². The number of amides is 1. The molecule has 0 radical (unpaired) electrons. The Morgan fingerprint density at radius 1 is 1.19 bits per heavy atom. The molecule has 6 heteroatoms. The zero-order valence-electron chi connectivity index (χ0n) is 15.2. The lowest BCUT2D eigenvalue weighted by Crippen LogP contribution is -2.43. The van der Waals surface area contributed by atoms with Crippen molar-refractivity contribution in [3.8, 4) is 6.07 Å². The molecular formula is C21H23N3O2S. The molecule has 0 spiro atoms. The smallest absolute Gasteiger partial charge is 0.246 e. The molecule has 2 aliphatic rings. The number of nitriles is 1. The number of nitrogens with zero attached hydrogens (tertiary/aromatic N) is 2. The van der Waals surface area contributed by atoms with E-state index in [-0.39, 0.29) is 11.9 Å². The van der Waals surface area contributed by atoms with Crippen LogP contribution in [0.25, 0.3) is 0 Å². The van der Waals surface area contributed by atoms with Crippen LogP contribution in [-0.2, 0) is 22.4 Å². The van der Waals surface area contributed by atoms with E-state index in [0.29, 0.717) is 23.8 Å². The minimum Gasteiger partial charge on any atom is -0.379 e. The third kappa shape index (κ3) is 3.77. The van der Waals surface area contributed by atoms with Crippen LogP contribution in [0.15, 0.2) is 30.3 Å². The van der Waals surface area contributed by atoms with Gasteiger partial charge in [-0.25, -0.2) is 0 Å². The molecule has 1 saturated heterocycles. The standard InChI is InChI=1S/C21H23N3O2S/c22-14-17-16-8-4-5-9-18(16)27-21(17)23-20(25)19(15-6-2-1-3-7-15)24-10-12-26-13-11-24/h1-3,6-7,19H,4-5,8-13H2,(H,23,25)/t19-/m1/s1. The van der Waals surface area contributed by atoms with Gasteiger partial charge in [-0.2, -0.15) is 5.26 Å². The summed E-state index contributed by atoms with van der Waals surface area (Å²) in [5.41, 5.74) is 2.78. The maximum atomic E-state index is 13.3. The van der Waals surface area contributed by atoms with Gasteiger partial charge >= 0.3 is 0 Å². The van der Waals surface area contributed by atoms with E-state index in [4.69, 9.17) is 4.74 Å². The Hall–Kier alpha value is -2.20. The summed E-state index contributed by atoms with van der Waals surface area (Å²) in [6.45, 7) is 2.71. The number of carbonyl (C=O) groups excluding carboxylic acids is 1. The fraction of sp³-hybridized carbons (Fsp3) is 0.429. The van der Waals surface area contributed by atoms with E-state index >= 15 is 0 Å². The van der Waals surface area contributed by atoms with Crippen LogP contribution in [-0.4, -0.2) is 37.1 Å². The fourth-order valence-corrected chi connectivity index (χ4v) is 5.19. The Kier molecular flexibility index (Phi) is 5.53. The van der Waals surface area contributed by atoms with Crippen LogP contribution in [0.3, 0.4) is 0 Å². The maximum absolute atomic E-state index is 13.3. The maximum Gasteiger partial charge on any atom is 0.246 e. The molecule has 1 aromatic carbocycles. The summed E-state index contributed by atoms with van der Waals surface area (Å²) in [5, 5.41) is 13.5. The van der Waals surface area contributed by atoms with Crippen molar-refractivity contribution in [2.45, 2.75) is 31.7 Å². The van der Waals surface area contributed by atoms with Crippen molar-refractivity contribution in [3.05, 3.63) is 51.9 Å². The van der Waals surface area contributed by atoms with Gasteiger partial charge in [0, 0.05) is 18.0 Å². The van der Waals surface area contributed by atoms with E-state index < -0.39 is 0 Å². The quantitative estimate of drug-likeness (QED) is 0.880. The number of carbonyl (C=O) groups is 1. The van der Waals surface area contributed by atoms with Crippen LogP contribution >= 0.6 is 11.3 Å². The number of rotatable bonds is 4. The molecule has 0 saturated carbocycles. The molecule has 1 fully saturated rings. The SMILES string of the molecule is N#Cc1c(NC(=O)[C@@H](c2ccccc2)N2CCOCC2)sc2c1CCCC2. The van der Waals surface area contributed by atoms with Crippen molar-refractivity contribution in [3.63, 3.8) is 0 Å². The molecule has 4 rings (SSSR count). The zero-order valence-corrected chi connectivity index (χ0v) is 16.1. The van der Waals surface area contributed by atoms with Crippen molar-refractivity contribution in [1.82, 2.24) is 4.90 Å². The molecule has 140 valence electrons. The molecule has 0 bridgehead atoms. The second-order valence-corrected chi connectivity index (χ2v) is 8.08. The second-order valence-electron chi connectivity index (χ2n) is 6.98. The molecule has 2 heterocycles. The van der Waals surface area contributed by atoms with Gasteiger partial charge < -0.3 is 10.1 Å². The van der Waals surface area contributed by atoms with E-state index in [1.165, 1.54) is 4.88 Å². The van der Waals surface area contributed by atoms with Crippen molar-refractivity contribution in [2.75, 3.05) is 31.6 Å². The number of morpholine rings is 1. The summed E-state index contributed by atoms with van der Waals surface area (Å²) >= 11 is 1.58. The zero-order chi connectivity index (χ0) is 18.6. The molecule has 1 atom stereocenters. The van der Waals surface area contributed by atoms with Crippen LogP contribution in [0.4, 0.5) is 5.00 Å². The van der Waals surface area contributed by atoms with E-state index in [1.54, 1.807) is 11.3 Å². The van der Waals surface area contributed by atoms with Gasteiger partial charge in [0.05, 0.1) is 18.8 Å². The molecule has 1 N–H and O–H groups in total. The first-order valence-corrected chi connectivity index (χ1v) is 10.3. The minimum absolute atomic E-state index is 0.0711. The summed E-state index contributed by atoms with van der Waals surface area (Å²) < 4.78 is 5.46. The van der Waals surface area contributed by atoms with Gasteiger partial charge in [-0.15, -0.1) is 11.3 Å². The molecule has 1 aromatic heterocycles. The number of benzene rings is 1. The lowest BCUT2D eigenvalue weighted by Gasteiger charge is -2.33. The number of anilines is 1. The van der Waals surface area contributed by atoms with Gasteiger partial charge in [0.2, 0.25) is 5.91 Å². The number of fused-ring (bicyclic) bond motifs is 1. The van der Waals surface area contributed by atoms with Crippen LogP contribution in [0.1, 0.15) is 40.5 Å². The molecule has 2 aromatic rings. The highest BCUT2D eigenvalue weighted by Gasteiger charge is 2.30. The van der Waals surface area contributed by atoms with Crippen molar-refractivity contribution in [2.24, 2.45) is 0 Å².